The van der Waals surface area contributed by atoms with Gasteiger partial charge in [0.15, 0.2) is 0 Å². The highest BCUT2D eigenvalue weighted by molar-refractivity contribution is 7.45. The number of carbonyl (C=O) groups excluding carboxylic acids is 1. The fourth-order valence-electron chi connectivity index (χ4n) is 11.4. The molecule has 0 heterocycles. The first kappa shape index (κ1) is 83.5. The molecule has 0 saturated carbocycles. The molecular formula is C76H147N2O6P. The summed E-state index contributed by atoms with van der Waals surface area (Å²) in [6.45, 7) is 4.68. The maximum Gasteiger partial charge on any atom is 0.268 e. The van der Waals surface area contributed by atoms with Crippen LogP contribution in [-0.4, -0.2) is 68.5 Å². The number of allylic oxidation sites excluding steroid dienone is 7. The average molecular weight is 1220 g/mol. The number of hydrogen-bond donors (Lipinski definition) is 2. The number of carbonyl (C=O) groups is 1. The van der Waals surface area contributed by atoms with Gasteiger partial charge in [0.1, 0.15) is 13.2 Å². The van der Waals surface area contributed by atoms with E-state index in [9.17, 15) is 19.4 Å². The summed E-state index contributed by atoms with van der Waals surface area (Å²) in [5.41, 5.74) is 0. The molecular weight excluding hydrogens is 1070 g/mol. The topological polar surface area (TPSA) is 108 Å². The Labute approximate surface area is 530 Å². The van der Waals surface area contributed by atoms with Gasteiger partial charge in [-0.05, 0) is 64.2 Å². The molecule has 0 saturated heterocycles. The van der Waals surface area contributed by atoms with Crippen LogP contribution in [0.2, 0.25) is 0 Å². The van der Waals surface area contributed by atoms with Gasteiger partial charge in [-0.15, -0.1) is 0 Å². The number of phosphoric ester groups is 1. The average Bonchev–Trinajstić information content (AvgIpc) is 3.48. The molecule has 0 spiro atoms. The van der Waals surface area contributed by atoms with Crippen molar-refractivity contribution in [1.29, 1.82) is 0 Å². The van der Waals surface area contributed by atoms with Crippen LogP contribution in [0.3, 0.4) is 0 Å². The summed E-state index contributed by atoms with van der Waals surface area (Å²) in [5, 5.41) is 14.0. The number of amides is 1. The Bertz CT molecular complexity index is 1530. The second-order valence-electron chi connectivity index (χ2n) is 27.0. The fraction of sp³-hybridized carbons (Fsp3) is 0.882. The van der Waals surface area contributed by atoms with Gasteiger partial charge in [-0.3, -0.25) is 9.36 Å². The van der Waals surface area contributed by atoms with E-state index >= 15 is 0 Å². The van der Waals surface area contributed by atoms with Crippen LogP contribution < -0.4 is 10.2 Å². The smallest absolute Gasteiger partial charge is 0.268 e. The Morgan fingerprint density at radius 2 is 0.694 bits per heavy atom. The monoisotopic (exact) mass is 1220 g/mol. The van der Waals surface area contributed by atoms with Gasteiger partial charge in [-0.1, -0.05) is 358 Å². The third kappa shape index (κ3) is 69.8. The second kappa shape index (κ2) is 66.9. The van der Waals surface area contributed by atoms with Crippen molar-refractivity contribution < 1.29 is 32.9 Å². The van der Waals surface area contributed by atoms with E-state index in [1.54, 1.807) is 6.08 Å². The van der Waals surface area contributed by atoms with Crippen molar-refractivity contribution in [1.82, 2.24) is 5.32 Å². The molecule has 3 unspecified atom stereocenters. The summed E-state index contributed by atoms with van der Waals surface area (Å²) in [7, 11) is 1.26. The van der Waals surface area contributed by atoms with Crippen molar-refractivity contribution in [3.8, 4) is 0 Å². The van der Waals surface area contributed by atoms with Gasteiger partial charge in [0.2, 0.25) is 5.91 Å². The number of likely N-dealkylation sites (N-methyl/N-ethyl adjacent to an activating group) is 1. The van der Waals surface area contributed by atoms with Crippen LogP contribution >= 0.6 is 7.82 Å². The number of nitrogens with one attached hydrogen (secondary N) is 1. The summed E-state index contributed by atoms with van der Waals surface area (Å²) >= 11 is 0. The fourth-order valence-corrected chi connectivity index (χ4v) is 12.2. The molecule has 0 aromatic carbocycles. The summed E-state index contributed by atoms with van der Waals surface area (Å²) in [5.74, 6) is -0.200. The first-order chi connectivity index (χ1) is 41.5. The molecule has 9 heteroatoms. The Kier molecular flexibility index (Phi) is 65.7. The highest BCUT2D eigenvalue weighted by Gasteiger charge is 2.23. The van der Waals surface area contributed by atoms with Crippen LogP contribution in [0.1, 0.15) is 380 Å². The molecule has 0 aromatic heterocycles. The van der Waals surface area contributed by atoms with E-state index < -0.39 is 20.0 Å². The van der Waals surface area contributed by atoms with Crippen LogP contribution in [-0.2, 0) is 18.4 Å². The summed E-state index contributed by atoms with van der Waals surface area (Å²) in [6.07, 6.45) is 91.2. The predicted octanol–water partition coefficient (Wildman–Crippen LogP) is 23.5. The molecule has 0 radical (unpaired) electrons. The van der Waals surface area contributed by atoms with E-state index in [0.29, 0.717) is 17.4 Å². The molecule has 8 nitrogen and oxygen atoms in total. The Hall–Kier alpha value is -1.54. The van der Waals surface area contributed by atoms with Crippen molar-refractivity contribution in [2.45, 2.75) is 392 Å². The molecule has 0 aliphatic carbocycles. The summed E-state index contributed by atoms with van der Waals surface area (Å²) in [4.78, 5) is 25.7. The lowest BCUT2D eigenvalue weighted by atomic mass is 10.0. The zero-order valence-electron chi connectivity index (χ0n) is 57.6. The van der Waals surface area contributed by atoms with Gasteiger partial charge in [0, 0.05) is 6.42 Å². The quantitative estimate of drug-likeness (QED) is 0.0272. The minimum Gasteiger partial charge on any atom is -0.756 e. The number of aliphatic hydroxyl groups is 1. The maximum atomic E-state index is 13.1. The molecule has 0 rings (SSSR count). The Balaban J connectivity index is 4.01. The van der Waals surface area contributed by atoms with Crippen LogP contribution in [0.4, 0.5) is 0 Å². The molecule has 0 aliphatic rings. The first-order valence-electron chi connectivity index (χ1n) is 37.5. The lowest BCUT2D eigenvalue weighted by Gasteiger charge is -2.29. The van der Waals surface area contributed by atoms with E-state index in [1.165, 1.54) is 315 Å². The van der Waals surface area contributed by atoms with E-state index in [4.69, 9.17) is 9.05 Å². The minimum absolute atomic E-state index is 0.00487. The zero-order valence-corrected chi connectivity index (χ0v) is 58.5. The number of phosphoric acid groups is 1. The zero-order chi connectivity index (χ0) is 61.9. The molecule has 0 aromatic rings. The van der Waals surface area contributed by atoms with E-state index in [0.717, 1.165) is 44.9 Å². The van der Waals surface area contributed by atoms with Crippen molar-refractivity contribution in [3.63, 3.8) is 0 Å². The predicted molar refractivity (Wildman–Crippen MR) is 371 cm³/mol. The third-order valence-electron chi connectivity index (χ3n) is 17.3. The lowest BCUT2D eigenvalue weighted by Crippen LogP contribution is -2.45. The van der Waals surface area contributed by atoms with Crippen LogP contribution in [0, 0.1) is 0 Å². The van der Waals surface area contributed by atoms with Crippen LogP contribution in [0.25, 0.3) is 0 Å². The van der Waals surface area contributed by atoms with Gasteiger partial charge in [-0.25, -0.2) is 0 Å². The molecule has 3 atom stereocenters. The highest BCUT2D eigenvalue weighted by atomic mass is 31.2. The third-order valence-corrected chi connectivity index (χ3v) is 18.2. The summed E-state index contributed by atoms with van der Waals surface area (Å²) in [6, 6.07) is -0.904. The number of quaternary nitrogens is 1. The van der Waals surface area contributed by atoms with Crippen molar-refractivity contribution in [3.05, 3.63) is 48.6 Å². The van der Waals surface area contributed by atoms with E-state index in [-0.39, 0.29) is 19.1 Å². The van der Waals surface area contributed by atoms with Gasteiger partial charge >= 0.3 is 0 Å². The second-order valence-corrected chi connectivity index (χ2v) is 28.4. The molecule has 2 N–H and O–H groups in total. The number of rotatable bonds is 70. The first-order valence-corrected chi connectivity index (χ1v) is 39.0. The Morgan fingerprint density at radius 3 is 1.02 bits per heavy atom. The number of aliphatic hydroxyl groups excluding tert-OH is 1. The molecule has 0 fully saturated rings. The van der Waals surface area contributed by atoms with Crippen molar-refractivity contribution in [2.75, 3.05) is 40.9 Å². The van der Waals surface area contributed by atoms with Crippen LogP contribution in [0.5, 0.6) is 0 Å². The number of unbranched alkanes of at least 4 members (excludes halogenated alkanes) is 51. The number of nitrogens with zero attached hydrogens (tertiary/aromatic N) is 1. The van der Waals surface area contributed by atoms with Crippen molar-refractivity contribution in [2.24, 2.45) is 0 Å². The normalized spacial score (nSPS) is 13.8. The van der Waals surface area contributed by atoms with Gasteiger partial charge in [-0.2, -0.15) is 0 Å². The molecule has 502 valence electrons. The molecule has 0 bridgehead atoms. The Morgan fingerprint density at radius 1 is 0.412 bits per heavy atom. The highest BCUT2D eigenvalue weighted by Crippen LogP contribution is 2.38. The summed E-state index contributed by atoms with van der Waals surface area (Å²) < 4.78 is 23.5. The molecule has 0 aliphatic heterocycles. The molecule has 85 heavy (non-hydrogen) atoms. The lowest BCUT2D eigenvalue weighted by molar-refractivity contribution is -0.870. The van der Waals surface area contributed by atoms with Gasteiger partial charge < -0.3 is 28.8 Å². The standard InChI is InChI=1S/C76H147N2O6P/c1-6-8-10-12-14-16-18-20-22-24-26-28-30-32-34-36-37-38-39-40-41-42-44-46-48-50-52-54-56-58-60-62-64-66-68-70-76(80)77-74(73-84-85(81,82)83-72-71-78(3,4)5)75(79)69-67-65-63-61-59-57-55-53-51-49-47-45-43-35-33-31-29-27-25-23-21-19-17-15-13-11-9-7-2/h18,20,24,26,59,61,67,69,74-75,79H,6-17,19,21-23,25,27-58,60,62-66,68,70-73H2,1-5H3,(H-,77,80,81,82)/b20-18-,26-24-,61-59+,69-67+. The van der Waals surface area contributed by atoms with Crippen LogP contribution in [0.15, 0.2) is 48.6 Å². The largest absolute Gasteiger partial charge is 0.756 e. The maximum absolute atomic E-state index is 13.1. The van der Waals surface area contributed by atoms with Gasteiger partial charge in [0.05, 0.1) is 39.9 Å². The minimum atomic E-state index is -4.61. The van der Waals surface area contributed by atoms with Crippen molar-refractivity contribution >= 4 is 13.7 Å². The number of hydrogen-bond acceptors (Lipinski definition) is 6. The van der Waals surface area contributed by atoms with E-state index in [2.05, 4.69) is 55.6 Å². The molecule has 1 amide bonds. The van der Waals surface area contributed by atoms with Gasteiger partial charge in [0.25, 0.3) is 7.82 Å². The SMILES string of the molecule is CCCCCCC/C=C\C/C=C\CCCCCCCCCCCCCCCCCCCCCCCCCC(=O)NC(COP(=O)([O-])OCC[N+](C)(C)C)C(O)/C=C/CC/C=C/CCCCCCCCCCCCCCCCCCCCCCCC. The van der Waals surface area contributed by atoms with E-state index in [1.807, 2.05) is 27.2 Å².